The summed E-state index contributed by atoms with van der Waals surface area (Å²) in [7, 11) is 0. The zero-order valence-electron chi connectivity index (χ0n) is 13.2. The van der Waals surface area contributed by atoms with Crippen LogP contribution in [0.1, 0.15) is 0 Å². The molecule has 126 valence electrons. The molecule has 1 aromatic carbocycles. The van der Waals surface area contributed by atoms with Crippen LogP contribution >= 0.6 is 23.1 Å². The van der Waals surface area contributed by atoms with E-state index in [9.17, 15) is 0 Å². The summed E-state index contributed by atoms with van der Waals surface area (Å²) in [6.45, 7) is 0. The minimum absolute atomic E-state index is 0.653. The quantitative estimate of drug-likeness (QED) is 0.475. The fraction of sp³-hybridized carbons (Fsp3) is 0. The lowest BCUT2D eigenvalue weighted by Gasteiger charge is -2.01. The Morgan fingerprint density at radius 2 is 1.96 bits per heavy atom. The summed E-state index contributed by atoms with van der Waals surface area (Å²) in [6.07, 6.45) is 5.43. The highest BCUT2D eigenvalue weighted by Gasteiger charge is 2.15. The van der Waals surface area contributed by atoms with Crippen molar-refractivity contribution in [3.63, 3.8) is 0 Å². The van der Waals surface area contributed by atoms with Gasteiger partial charge in [-0.1, -0.05) is 29.5 Å². The van der Waals surface area contributed by atoms with Gasteiger partial charge in [-0.15, -0.1) is 10.2 Å². The van der Waals surface area contributed by atoms with Crippen LogP contribution in [-0.2, 0) is 0 Å². The highest BCUT2D eigenvalue weighted by Crippen LogP contribution is 2.31. The third kappa shape index (κ3) is 2.74. The Bertz CT molecular complexity index is 1130. The van der Waals surface area contributed by atoms with Gasteiger partial charge in [-0.25, -0.2) is 9.50 Å². The fourth-order valence-corrected chi connectivity index (χ4v) is 4.25. The largest absolute Gasteiger partial charge is 0.264 e. The standard InChI is InChI=1S/C16H10N8S2/c1-2-6-12(7-3-1)24-15(19-21-22-24)26-16-20-23-10-13(18-14(23)25-16)11-5-4-8-17-9-11/h1-10H. The Morgan fingerprint density at radius 3 is 2.77 bits per heavy atom. The molecule has 4 aromatic heterocycles. The number of fused-ring (bicyclic) bond motifs is 1. The van der Waals surface area contributed by atoms with Crippen molar-refractivity contribution >= 4 is 28.1 Å². The zero-order valence-corrected chi connectivity index (χ0v) is 14.8. The van der Waals surface area contributed by atoms with Crippen LogP contribution in [0.25, 0.3) is 21.9 Å². The Labute approximate surface area is 155 Å². The monoisotopic (exact) mass is 378 g/mol. The van der Waals surface area contributed by atoms with E-state index in [-0.39, 0.29) is 0 Å². The molecule has 5 rings (SSSR count). The number of hydrogen-bond donors (Lipinski definition) is 0. The zero-order chi connectivity index (χ0) is 17.3. The average Bonchev–Trinajstić information content (AvgIpc) is 3.38. The minimum Gasteiger partial charge on any atom is -0.264 e. The van der Waals surface area contributed by atoms with Gasteiger partial charge in [0, 0.05) is 18.0 Å². The molecule has 0 N–H and O–H groups in total. The molecule has 0 amide bonds. The lowest BCUT2D eigenvalue weighted by Crippen LogP contribution is -1.98. The maximum absolute atomic E-state index is 4.62. The van der Waals surface area contributed by atoms with E-state index in [0.717, 1.165) is 26.2 Å². The molecule has 0 fully saturated rings. The molecule has 0 aliphatic heterocycles. The smallest absolute Gasteiger partial charge is 0.221 e. The SMILES string of the molecule is c1ccc(-n2nnnc2Sc2nn3cc(-c4cccnc4)nc3s2)cc1. The van der Waals surface area contributed by atoms with Crippen molar-refractivity contribution in [3.8, 4) is 16.9 Å². The number of tetrazole rings is 1. The first-order chi connectivity index (χ1) is 12.9. The Morgan fingerprint density at radius 1 is 1.04 bits per heavy atom. The maximum Gasteiger partial charge on any atom is 0.221 e. The van der Waals surface area contributed by atoms with Gasteiger partial charge >= 0.3 is 0 Å². The average molecular weight is 378 g/mol. The van der Waals surface area contributed by atoms with Crippen LogP contribution in [0, 0.1) is 0 Å². The van der Waals surface area contributed by atoms with Crippen molar-refractivity contribution in [1.82, 2.24) is 39.8 Å². The predicted molar refractivity (Wildman–Crippen MR) is 97.4 cm³/mol. The fourth-order valence-electron chi connectivity index (χ4n) is 2.43. The van der Waals surface area contributed by atoms with Crippen LogP contribution < -0.4 is 0 Å². The molecule has 0 bridgehead atoms. The van der Waals surface area contributed by atoms with Gasteiger partial charge in [-0.05, 0) is 46.5 Å². The van der Waals surface area contributed by atoms with Crippen LogP contribution in [-0.4, -0.2) is 39.8 Å². The summed E-state index contributed by atoms with van der Waals surface area (Å²) in [4.78, 5) is 9.56. The number of rotatable bonds is 4. The number of hydrogen-bond acceptors (Lipinski definition) is 8. The molecule has 4 heterocycles. The van der Waals surface area contributed by atoms with Gasteiger partial charge in [0.05, 0.1) is 17.6 Å². The molecule has 0 radical (unpaired) electrons. The first-order valence-corrected chi connectivity index (χ1v) is 9.28. The third-order valence-corrected chi connectivity index (χ3v) is 5.51. The molecule has 10 heteroatoms. The van der Waals surface area contributed by atoms with E-state index in [1.54, 1.807) is 21.6 Å². The first kappa shape index (κ1) is 15.2. The summed E-state index contributed by atoms with van der Waals surface area (Å²) in [5.41, 5.74) is 2.72. The molecular formula is C16H10N8S2. The van der Waals surface area contributed by atoms with E-state index in [1.807, 2.05) is 48.7 Å². The molecule has 0 saturated heterocycles. The minimum atomic E-state index is 0.653. The molecular weight excluding hydrogens is 368 g/mol. The second-order valence-electron chi connectivity index (χ2n) is 5.27. The van der Waals surface area contributed by atoms with Gasteiger partial charge in [-0.3, -0.25) is 4.98 Å². The van der Waals surface area contributed by atoms with Crippen LogP contribution in [0.3, 0.4) is 0 Å². The molecule has 0 unspecified atom stereocenters. The van der Waals surface area contributed by atoms with Crippen molar-refractivity contribution < 1.29 is 0 Å². The van der Waals surface area contributed by atoms with E-state index < -0.39 is 0 Å². The normalized spacial score (nSPS) is 11.2. The van der Waals surface area contributed by atoms with E-state index >= 15 is 0 Å². The van der Waals surface area contributed by atoms with E-state index in [1.165, 1.54) is 23.1 Å². The van der Waals surface area contributed by atoms with E-state index in [2.05, 4.69) is 30.6 Å². The van der Waals surface area contributed by atoms with Crippen molar-refractivity contribution in [2.75, 3.05) is 0 Å². The lowest BCUT2D eigenvalue weighted by atomic mass is 10.2. The molecule has 0 atom stereocenters. The molecule has 0 saturated carbocycles. The Hall–Kier alpha value is -3.11. The van der Waals surface area contributed by atoms with Crippen molar-refractivity contribution in [1.29, 1.82) is 0 Å². The molecule has 0 aliphatic rings. The molecule has 0 aliphatic carbocycles. The highest BCUT2D eigenvalue weighted by molar-refractivity contribution is 8.01. The van der Waals surface area contributed by atoms with E-state index in [4.69, 9.17) is 0 Å². The van der Waals surface area contributed by atoms with Crippen molar-refractivity contribution in [2.45, 2.75) is 9.50 Å². The Kier molecular flexibility index (Phi) is 3.68. The second kappa shape index (κ2) is 6.32. The summed E-state index contributed by atoms with van der Waals surface area (Å²) in [5.74, 6) is 0. The van der Waals surface area contributed by atoms with Gasteiger partial charge in [0.1, 0.15) is 0 Å². The Balaban J connectivity index is 1.45. The van der Waals surface area contributed by atoms with Crippen LogP contribution in [0.15, 0.2) is 70.6 Å². The molecule has 5 aromatic rings. The number of nitrogens with zero attached hydrogens (tertiary/aromatic N) is 8. The summed E-state index contributed by atoms with van der Waals surface area (Å²) < 4.78 is 4.28. The second-order valence-corrected chi connectivity index (χ2v) is 7.44. The molecule has 26 heavy (non-hydrogen) atoms. The van der Waals surface area contributed by atoms with Crippen molar-refractivity contribution in [2.24, 2.45) is 0 Å². The lowest BCUT2D eigenvalue weighted by molar-refractivity contribution is 0.755. The molecule has 8 nitrogen and oxygen atoms in total. The predicted octanol–water partition coefficient (Wildman–Crippen LogP) is 2.98. The van der Waals surface area contributed by atoms with E-state index in [0.29, 0.717) is 5.16 Å². The third-order valence-electron chi connectivity index (χ3n) is 3.60. The van der Waals surface area contributed by atoms with Gasteiger partial charge in [0.25, 0.3) is 0 Å². The number of aromatic nitrogens is 8. The summed E-state index contributed by atoms with van der Waals surface area (Å²) >= 11 is 2.90. The highest BCUT2D eigenvalue weighted by atomic mass is 32.2. The number of pyridine rings is 1. The van der Waals surface area contributed by atoms with Gasteiger partial charge < -0.3 is 0 Å². The molecule has 0 spiro atoms. The van der Waals surface area contributed by atoms with Crippen LogP contribution in [0.2, 0.25) is 0 Å². The summed E-state index contributed by atoms with van der Waals surface area (Å²) in [5, 5.41) is 17.2. The van der Waals surface area contributed by atoms with Gasteiger partial charge in [-0.2, -0.15) is 4.68 Å². The number of benzene rings is 1. The first-order valence-electron chi connectivity index (χ1n) is 7.65. The van der Waals surface area contributed by atoms with Gasteiger partial charge in [0.15, 0.2) is 4.34 Å². The van der Waals surface area contributed by atoms with Crippen LogP contribution in [0.5, 0.6) is 0 Å². The summed E-state index contributed by atoms with van der Waals surface area (Å²) in [6, 6.07) is 13.6. The number of para-hydroxylation sites is 1. The van der Waals surface area contributed by atoms with Crippen LogP contribution in [0.4, 0.5) is 0 Å². The van der Waals surface area contributed by atoms with Gasteiger partial charge in [0.2, 0.25) is 10.1 Å². The maximum atomic E-state index is 4.62. The van der Waals surface area contributed by atoms with Crippen molar-refractivity contribution in [3.05, 3.63) is 61.1 Å². The number of imidazole rings is 1. The topological polar surface area (TPSA) is 86.7 Å².